The summed E-state index contributed by atoms with van der Waals surface area (Å²) in [6.45, 7) is 0.297. The third kappa shape index (κ3) is 3.88. The van der Waals surface area contributed by atoms with Crippen LogP contribution in [0.4, 0.5) is 5.69 Å². The van der Waals surface area contributed by atoms with Gasteiger partial charge in [0.15, 0.2) is 5.16 Å². The Balaban J connectivity index is 1.98. The first-order valence-corrected chi connectivity index (χ1v) is 7.72. The van der Waals surface area contributed by atoms with E-state index in [1.54, 1.807) is 29.8 Å². The molecule has 2 aromatic rings. The first-order chi connectivity index (χ1) is 10.0. The highest BCUT2D eigenvalue weighted by Gasteiger charge is 2.13. The Morgan fingerprint density at radius 2 is 2.05 bits per heavy atom. The Kier molecular flexibility index (Phi) is 5.46. The lowest BCUT2D eigenvalue weighted by Crippen LogP contribution is -2.15. The molecular formula is C12H13Cl2N5OS. The Morgan fingerprint density at radius 3 is 2.62 bits per heavy atom. The molecule has 0 spiro atoms. The van der Waals surface area contributed by atoms with Gasteiger partial charge < -0.3 is 15.6 Å². The number of rotatable bonds is 5. The monoisotopic (exact) mass is 345 g/mol. The number of nitrogens with one attached hydrogen (secondary N) is 1. The van der Waals surface area contributed by atoms with Gasteiger partial charge in [0.05, 0.1) is 28.0 Å². The largest absolute Gasteiger partial charge is 0.324 e. The number of carbonyl (C=O) groups is 1. The van der Waals surface area contributed by atoms with E-state index in [0.717, 1.165) is 0 Å². The van der Waals surface area contributed by atoms with Crippen LogP contribution in [0, 0.1) is 0 Å². The maximum Gasteiger partial charge on any atom is 0.234 e. The van der Waals surface area contributed by atoms with Crippen molar-refractivity contribution in [1.29, 1.82) is 0 Å². The van der Waals surface area contributed by atoms with Crippen molar-refractivity contribution in [2.45, 2.75) is 11.7 Å². The van der Waals surface area contributed by atoms with E-state index in [0.29, 0.717) is 33.3 Å². The van der Waals surface area contributed by atoms with E-state index in [9.17, 15) is 4.79 Å². The number of carbonyl (C=O) groups excluding carboxylic acids is 1. The molecule has 1 heterocycles. The zero-order valence-corrected chi connectivity index (χ0v) is 13.5. The molecule has 1 aromatic heterocycles. The van der Waals surface area contributed by atoms with Crippen molar-refractivity contribution in [2.24, 2.45) is 12.8 Å². The summed E-state index contributed by atoms with van der Waals surface area (Å²) in [5.74, 6) is 0.595. The second-order valence-corrected chi connectivity index (χ2v) is 5.85. The summed E-state index contributed by atoms with van der Waals surface area (Å²) in [4.78, 5) is 11.9. The first-order valence-electron chi connectivity index (χ1n) is 5.98. The van der Waals surface area contributed by atoms with E-state index >= 15 is 0 Å². The van der Waals surface area contributed by atoms with Gasteiger partial charge in [-0.1, -0.05) is 41.0 Å². The minimum Gasteiger partial charge on any atom is -0.324 e. The van der Waals surface area contributed by atoms with Crippen molar-refractivity contribution in [3.8, 4) is 0 Å². The number of benzene rings is 1. The quantitative estimate of drug-likeness (QED) is 0.812. The predicted molar refractivity (Wildman–Crippen MR) is 84.7 cm³/mol. The molecule has 112 valence electrons. The van der Waals surface area contributed by atoms with Gasteiger partial charge in [-0.05, 0) is 12.1 Å². The van der Waals surface area contributed by atoms with Crippen LogP contribution in [0.5, 0.6) is 0 Å². The lowest BCUT2D eigenvalue weighted by molar-refractivity contribution is -0.113. The molecular weight excluding hydrogens is 333 g/mol. The van der Waals surface area contributed by atoms with Crippen LogP contribution >= 0.6 is 35.0 Å². The van der Waals surface area contributed by atoms with Crippen LogP contribution < -0.4 is 11.1 Å². The van der Waals surface area contributed by atoms with Crippen LogP contribution in [0.25, 0.3) is 0 Å². The van der Waals surface area contributed by atoms with Gasteiger partial charge in [-0.25, -0.2) is 0 Å². The number of anilines is 1. The molecule has 0 unspecified atom stereocenters. The Bertz CT molecular complexity index is 641. The van der Waals surface area contributed by atoms with Crippen molar-refractivity contribution in [3.63, 3.8) is 0 Å². The summed E-state index contributed by atoms with van der Waals surface area (Å²) < 4.78 is 1.75. The van der Waals surface area contributed by atoms with Crippen LogP contribution in [-0.2, 0) is 18.4 Å². The molecule has 21 heavy (non-hydrogen) atoms. The van der Waals surface area contributed by atoms with Gasteiger partial charge >= 0.3 is 0 Å². The molecule has 0 saturated carbocycles. The summed E-state index contributed by atoms with van der Waals surface area (Å²) >= 11 is 13.2. The number of halogens is 2. The minimum atomic E-state index is -0.229. The number of hydrogen-bond donors (Lipinski definition) is 2. The highest BCUT2D eigenvalue weighted by Crippen LogP contribution is 2.30. The number of nitrogens with zero attached hydrogens (tertiary/aromatic N) is 3. The molecule has 2 rings (SSSR count). The molecule has 0 aliphatic carbocycles. The predicted octanol–water partition coefficient (Wildman–Crippen LogP) is 2.31. The van der Waals surface area contributed by atoms with E-state index in [4.69, 9.17) is 28.9 Å². The van der Waals surface area contributed by atoms with E-state index in [2.05, 4.69) is 15.5 Å². The summed E-state index contributed by atoms with van der Waals surface area (Å²) in [6, 6.07) is 5.03. The maximum atomic E-state index is 11.9. The molecule has 0 aliphatic rings. The number of amides is 1. The van der Waals surface area contributed by atoms with Crippen molar-refractivity contribution < 1.29 is 4.79 Å². The third-order valence-corrected chi connectivity index (χ3v) is 4.32. The average Bonchev–Trinajstić information content (AvgIpc) is 2.81. The molecule has 9 heteroatoms. The summed E-state index contributed by atoms with van der Waals surface area (Å²) in [5, 5.41) is 12.0. The van der Waals surface area contributed by atoms with E-state index in [-0.39, 0.29) is 11.7 Å². The fourth-order valence-corrected chi connectivity index (χ4v) is 2.79. The number of thioether (sulfide) groups is 1. The lowest BCUT2D eigenvalue weighted by Gasteiger charge is -2.08. The van der Waals surface area contributed by atoms with Crippen LogP contribution in [0.1, 0.15) is 5.82 Å². The smallest absolute Gasteiger partial charge is 0.234 e. The fraction of sp³-hybridized carbons (Fsp3) is 0.250. The molecule has 0 atom stereocenters. The average molecular weight is 346 g/mol. The minimum absolute atomic E-state index is 0.165. The van der Waals surface area contributed by atoms with E-state index in [1.807, 2.05) is 0 Å². The lowest BCUT2D eigenvalue weighted by atomic mass is 10.3. The Morgan fingerprint density at radius 1 is 1.38 bits per heavy atom. The molecule has 6 nitrogen and oxygen atoms in total. The molecule has 0 bridgehead atoms. The van der Waals surface area contributed by atoms with Gasteiger partial charge in [0.25, 0.3) is 0 Å². The first kappa shape index (κ1) is 16.1. The number of aromatic nitrogens is 3. The van der Waals surface area contributed by atoms with Crippen molar-refractivity contribution in [1.82, 2.24) is 14.8 Å². The van der Waals surface area contributed by atoms with Crippen molar-refractivity contribution in [2.75, 3.05) is 11.1 Å². The molecule has 0 radical (unpaired) electrons. The highest BCUT2D eigenvalue weighted by atomic mass is 35.5. The van der Waals surface area contributed by atoms with Crippen LogP contribution in [0.3, 0.4) is 0 Å². The normalized spacial score (nSPS) is 10.7. The molecule has 1 amide bonds. The second-order valence-electron chi connectivity index (χ2n) is 4.10. The summed E-state index contributed by atoms with van der Waals surface area (Å²) in [6.07, 6.45) is 0. The van der Waals surface area contributed by atoms with Crippen LogP contribution in [-0.4, -0.2) is 26.4 Å². The second kappa shape index (κ2) is 7.13. The van der Waals surface area contributed by atoms with Gasteiger partial charge in [0.1, 0.15) is 5.82 Å². The van der Waals surface area contributed by atoms with Crippen molar-refractivity contribution >= 4 is 46.6 Å². The van der Waals surface area contributed by atoms with Gasteiger partial charge in [-0.15, -0.1) is 10.2 Å². The summed E-state index contributed by atoms with van der Waals surface area (Å²) in [5.41, 5.74) is 5.92. The van der Waals surface area contributed by atoms with Gasteiger partial charge in [0, 0.05) is 7.05 Å². The van der Waals surface area contributed by atoms with Gasteiger partial charge in [0.2, 0.25) is 5.91 Å². The highest BCUT2D eigenvalue weighted by molar-refractivity contribution is 7.99. The van der Waals surface area contributed by atoms with E-state index < -0.39 is 0 Å². The maximum absolute atomic E-state index is 11.9. The van der Waals surface area contributed by atoms with Crippen LogP contribution in [0.15, 0.2) is 23.4 Å². The molecule has 1 aromatic carbocycles. The van der Waals surface area contributed by atoms with Gasteiger partial charge in [-0.2, -0.15) is 0 Å². The zero-order chi connectivity index (χ0) is 15.4. The zero-order valence-electron chi connectivity index (χ0n) is 11.1. The molecule has 0 aliphatic heterocycles. The SMILES string of the molecule is Cn1c(CN)nnc1SCC(=O)Nc1c(Cl)cccc1Cl. The Hall–Kier alpha value is -1.28. The third-order valence-electron chi connectivity index (χ3n) is 2.67. The topological polar surface area (TPSA) is 85.8 Å². The van der Waals surface area contributed by atoms with E-state index in [1.165, 1.54) is 11.8 Å². The summed E-state index contributed by atoms with van der Waals surface area (Å²) in [7, 11) is 1.80. The molecule has 0 fully saturated rings. The molecule has 3 N–H and O–H groups in total. The van der Waals surface area contributed by atoms with Crippen molar-refractivity contribution in [3.05, 3.63) is 34.1 Å². The fourth-order valence-electron chi connectivity index (χ4n) is 1.57. The number of nitrogens with two attached hydrogens (primary N) is 1. The van der Waals surface area contributed by atoms with Gasteiger partial charge in [-0.3, -0.25) is 4.79 Å². The molecule has 0 saturated heterocycles. The number of para-hydroxylation sites is 1. The standard InChI is InChI=1S/C12H13Cl2N5OS/c1-19-9(5-15)17-18-12(19)21-6-10(20)16-11-7(13)3-2-4-8(11)14/h2-4H,5-6,15H2,1H3,(H,16,20). The number of hydrogen-bond acceptors (Lipinski definition) is 5. The van der Waals surface area contributed by atoms with Crippen LogP contribution in [0.2, 0.25) is 10.0 Å². The Labute approximate surface area is 136 Å².